The maximum absolute atomic E-state index is 12.8. The summed E-state index contributed by atoms with van der Waals surface area (Å²) in [5.41, 5.74) is 4.49. The van der Waals surface area contributed by atoms with Gasteiger partial charge in [0, 0.05) is 43.7 Å². The molecule has 0 aliphatic heterocycles. The van der Waals surface area contributed by atoms with Crippen molar-refractivity contribution < 1.29 is 9.00 Å². The smallest absolute Gasteiger partial charge is 0.255 e. The monoisotopic (exact) mass is 456 g/mol. The van der Waals surface area contributed by atoms with E-state index in [2.05, 4.69) is 10.3 Å². The normalized spacial score (nSPS) is 11.9. The van der Waals surface area contributed by atoms with Gasteiger partial charge in [0.25, 0.3) is 5.91 Å². The van der Waals surface area contributed by atoms with Crippen LogP contribution >= 0.6 is 11.6 Å². The number of carbonyl (C=O) groups is 1. The molecule has 0 bridgehead atoms. The Morgan fingerprint density at radius 2 is 1.81 bits per heavy atom. The molecule has 1 N–H and O–H groups in total. The summed E-state index contributed by atoms with van der Waals surface area (Å²) >= 11 is 5.07. The van der Waals surface area contributed by atoms with Crippen molar-refractivity contribution in [2.45, 2.75) is 13.8 Å². The second-order valence-corrected chi connectivity index (χ2v) is 9.19. The molecule has 0 aliphatic carbocycles. The summed E-state index contributed by atoms with van der Waals surface area (Å²) in [6.07, 6.45) is 1.73. The van der Waals surface area contributed by atoms with Gasteiger partial charge in [0.15, 0.2) is 11.2 Å². The van der Waals surface area contributed by atoms with Crippen molar-refractivity contribution in [3.63, 3.8) is 0 Å². The quantitative estimate of drug-likeness (QED) is 0.548. The number of hydrogen-bond donors (Lipinski definition) is 1. The number of halogens is 1. The molecule has 3 rings (SSSR count). The van der Waals surface area contributed by atoms with E-state index in [1.165, 1.54) is 0 Å². The highest BCUT2D eigenvalue weighted by molar-refractivity contribution is 7.84. The number of benzene rings is 2. The Balaban J connectivity index is 1.79. The molecule has 0 aliphatic rings. The number of amides is 1. The summed E-state index contributed by atoms with van der Waals surface area (Å²) in [6.45, 7) is 4.50. The Morgan fingerprint density at radius 1 is 1.10 bits per heavy atom. The average molecular weight is 457 g/mol. The van der Waals surface area contributed by atoms with Crippen LogP contribution in [0.15, 0.2) is 60.8 Å². The zero-order valence-electron chi connectivity index (χ0n) is 17.9. The lowest BCUT2D eigenvalue weighted by molar-refractivity contribution is 0.102. The first-order valence-corrected chi connectivity index (χ1v) is 11.2. The van der Waals surface area contributed by atoms with Crippen LogP contribution in [-0.2, 0) is 11.2 Å². The molecule has 8 heteroatoms. The lowest BCUT2D eigenvalue weighted by atomic mass is 10.1. The fourth-order valence-electron chi connectivity index (χ4n) is 3.05. The van der Waals surface area contributed by atoms with E-state index < -0.39 is 11.2 Å². The minimum absolute atomic E-state index is 0.242. The van der Waals surface area contributed by atoms with Crippen molar-refractivity contribution >= 4 is 40.1 Å². The SMILES string of the molecule is CCN(c1ccc(C(=O)Nc2ccc(Cl)c(-c3cc(C)ccn3)c2)cc1)S(=O)N(C)C. The Labute approximate surface area is 190 Å². The molecular weight excluding hydrogens is 432 g/mol. The van der Waals surface area contributed by atoms with Crippen LogP contribution in [0.4, 0.5) is 11.4 Å². The van der Waals surface area contributed by atoms with E-state index in [1.807, 2.05) is 32.0 Å². The predicted molar refractivity (Wildman–Crippen MR) is 129 cm³/mol. The molecule has 1 atom stereocenters. The van der Waals surface area contributed by atoms with Crippen LogP contribution in [-0.4, -0.2) is 40.0 Å². The highest BCUT2D eigenvalue weighted by Gasteiger charge is 2.15. The van der Waals surface area contributed by atoms with Crippen molar-refractivity contribution in [2.24, 2.45) is 0 Å². The molecule has 3 aromatic rings. The molecule has 162 valence electrons. The lowest BCUT2D eigenvalue weighted by Gasteiger charge is -2.24. The van der Waals surface area contributed by atoms with Crippen molar-refractivity contribution in [2.75, 3.05) is 30.3 Å². The minimum Gasteiger partial charge on any atom is -0.322 e. The second-order valence-electron chi connectivity index (χ2n) is 7.15. The van der Waals surface area contributed by atoms with E-state index in [0.717, 1.165) is 22.5 Å². The summed E-state index contributed by atoms with van der Waals surface area (Å²) in [4.78, 5) is 17.1. The first kappa shape index (κ1) is 22.9. The lowest BCUT2D eigenvalue weighted by Crippen LogP contribution is -2.34. The van der Waals surface area contributed by atoms with Gasteiger partial charge in [0.2, 0.25) is 0 Å². The molecule has 1 heterocycles. The van der Waals surface area contributed by atoms with Gasteiger partial charge in [-0.25, -0.2) is 8.51 Å². The van der Waals surface area contributed by atoms with E-state index in [0.29, 0.717) is 22.8 Å². The third-order valence-corrected chi connectivity index (χ3v) is 6.42. The van der Waals surface area contributed by atoms with Gasteiger partial charge in [-0.2, -0.15) is 0 Å². The van der Waals surface area contributed by atoms with Gasteiger partial charge in [-0.05, 0) is 74.0 Å². The Bertz CT molecular complexity index is 1100. The zero-order chi connectivity index (χ0) is 22.5. The molecule has 2 aromatic carbocycles. The first-order chi connectivity index (χ1) is 14.8. The molecule has 1 amide bonds. The fourth-order valence-corrected chi connectivity index (χ4v) is 4.18. The van der Waals surface area contributed by atoms with Crippen LogP contribution in [0.25, 0.3) is 11.3 Å². The highest BCUT2D eigenvalue weighted by Crippen LogP contribution is 2.30. The van der Waals surface area contributed by atoms with E-state index in [1.54, 1.807) is 65.3 Å². The standard InChI is InChI=1S/C23H25ClN4O2S/c1-5-28(31(30)27(3)4)19-9-6-17(7-10-19)23(29)26-18-8-11-21(24)20(15-18)22-14-16(2)12-13-25-22/h6-15H,5H2,1-4H3,(H,26,29). The van der Waals surface area contributed by atoms with E-state index in [9.17, 15) is 9.00 Å². The maximum atomic E-state index is 12.8. The van der Waals surface area contributed by atoms with Crippen molar-refractivity contribution in [3.05, 3.63) is 76.9 Å². The summed E-state index contributed by atoms with van der Waals surface area (Å²) in [5, 5.41) is 3.47. The number of nitrogens with one attached hydrogen (secondary N) is 1. The summed E-state index contributed by atoms with van der Waals surface area (Å²) in [6, 6.07) is 16.2. The number of pyridine rings is 1. The second kappa shape index (κ2) is 10.0. The van der Waals surface area contributed by atoms with Crippen LogP contribution in [0, 0.1) is 6.92 Å². The van der Waals surface area contributed by atoms with Gasteiger partial charge >= 0.3 is 0 Å². The predicted octanol–water partition coefficient (Wildman–Crippen LogP) is 4.93. The highest BCUT2D eigenvalue weighted by atomic mass is 35.5. The van der Waals surface area contributed by atoms with Crippen LogP contribution in [0.1, 0.15) is 22.8 Å². The third kappa shape index (κ3) is 5.50. The van der Waals surface area contributed by atoms with Crippen LogP contribution < -0.4 is 9.62 Å². The molecule has 0 saturated heterocycles. The van der Waals surface area contributed by atoms with Gasteiger partial charge in [-0.1, -0.05) is 11.6 Å². The minimum atomic E-state index is -1.29. The molecule has 31 heavy (non-hydrogen) atoms. The summed E-state index contributed by atoms with van der Waals surface area (Å²) < 4.78 is 15.8. The Kier molecular flexibility index (Phi) is 7.43. The summed E-state index contributed by atoms with van der Waals surface area (Å²) in [7, 11) is 3.51. The van der Waals surface area contributed by atoms with Crippen LogP contribution in [0.2, 0.25) is 5.02 Å². The maximum Gasteiger partial charge on any atom is 0.255 e. The van der Waals surface area contributed by atoms with Gasteiger partial charge in [-0.3, -0.25) is 14.1 Å². The van der Waals surface area contributed by atoms with Crippen LogP contribution in [0.3, 0.4) is 0 Å². The molecule has 6 nitrogen and oxygen atoms in total. The third-order valence-electron chi connectivity index (χ3n) is 4.62. The van der Waals surface area contributed by atoms with Gasteiger partial charge < -0.3 is 5.32 Å². The number of rotatable bonds is 7. The molecular formula is C23H25ClN4O2S. The largest absolute Gasteiger partial charge is 0.322 e. The topological polar surface area (TPSA) is 65.5 Å². The van der Waals surface area contributed by atoms with E-state index in [-0.39, 0.29) is 5.91 Å². The van der Waals surface area contributed by atoms with Gasteiger partial charge in [0.1, 0.15) is 0 Å². The van der Waals surface area contributed by atoms with E-state index in [4.69, 9.17) is 11.6 Å². The number of carbonyl (C=O) groups excluding carboxylic acids is 1. The number of aryl methyl sites for hydroxylation is 1. The first-order valence-electron chi connectivity index (χ1n) is 9.81. The molecule has 0 radical (unpaired) electrons. The number of anilines is 2. The van der Waals surface area contributed by atoms with Gasteiger partial charge in [-0.15, -0.1) is 0 Å². The summed E-state index contributed by atoms with van der Waals surface area (Å²) in [5.74, 6) is -0.242. The fraction of sp³-hybridized carbons (Fsp3) is 0.217. The Morgan fingerprint density at radius 3 is 2.42 bits per heavy atom. The van der Waals surface area contributed by atoms with Crippen molar-refractivity contribution in [3.8, 4) is 11.3 Å². The van der Waals surface area contributed by atoms with Crippen LogP contribution in [0.5, 0.6) is 0 Å². The van der Waals surface area contributed by atoms with Gasteiger partial charge in [0.05, 0.1) is 16.4 Å². The average Bonchev–Trinajstić information content (AvgIpc) is 2.76. The number of aromatic nitrogens is 1. The molecule has 1 aromatic heterocycles. The Hall–Kier alpha value is -2.74. The number of hydrogen-bond acceptors (Lipinski definition) is 3. The zero-order valence-corrected chi connectivity index (χ0v) is 19.5. The molecule has 1 unspecified atom stereocenters. The van der Waals surface area contributed by atoms with Crippen molar-refractivity contribution in [1.82, 2.24) is 9.29 Å². The molecule has 0 spiro atoms. The molecule has 0 saturated carbocycles. The molecule has 0 fully saturated rings. The van der Waals surface area contributed by atoms with E-state index >= 15 is 0 Å². The van der Waals surface area contributed by atoms with Crippen molar-refractivity contribution in [1.29, 1.82) is 0 Å². The number of nitrogens with zero attached hydrogens (tertiary/aromatic N) is 3.